The molecule has 0 saturated heterocycles. The molecule has 2 heteroatoms. The summed E-state index contributed by atoms with van der Waals surface area (Å²) in [7, 11) is 4.23. The van der Waals surface area contributed by atoms with Gasteiger partial charge in [0.15, 0.2) is 0 Å². The van der Waals surface area contributed by atoms with Gasteiger partial charge in [-0.05, 0) is 56.8 Å². The molecule has 102 valence electrons. The third-order valence-electron chi connectivity index (χ3n) is 3.50. The molecule has 0 aliphatic carbocycles. The Balaban J connectivity index is 2.39. The Morgan fingerprint density at radius 2 is 1.68 bits per heavy atom. The van der Waals surface area contributed by atoms with Crippen LogP contribution in [0.5, 0.6) is 0 Å². The van der Waals surface area contributed by atoms with Crippen molar-refractivity contribution in [3.05, 3.63) is 48.0 Å². The van der Waals surface area contributed by atoms with Gasteiger partial charge in [-0.15, -0.1) is 0 Å². The molecule has 2 rings (SSSR count). The lowest BCUT2D eigenvalue weighted by molar-refractivity contribution is 0.243. The van der Waals surface area contributed by atoms with Crippen LogP contribution < -0.4 is 5.73 Å². The maximum atomic E-state index is 6.20. The van der Waals surface area contributed by atoms with E-state index in [0.29, 0.717) is 6.04 Å². The van der Waals surface area contributed by atoms with Crippen molar-refractivity contribution in [2.75, 3.05) is 14.1 Å². The smallest absolute Gasteiger partial charge is 0.0359 e. The number of hydrogen-bond donors (Lipinski definition) is 1. The Labute approximate surface area is 116 Å². The fourth-order valence-corrected chi connectivity index (χ4v) is 2.51. The second kappa shape index (κ2) is 5.32. The van der Waals surface area contributed by atoms with Crippen LogP contribution in [-0.2, 0) is 0 Å². The van der Waals surface area contributed by atoms with Gasteiger partial charge < -0.3 is 10.6 Å². The predicted octanol–water partition coefficient (Wildman–Crippen LogP) is 3.57. The molecule has 1 atom stereocenters. The minimum Gasteiger partial charge on any atom is -0.325 e. The van der Waals surface area contributed by atoms with Gasteiger partial charge in [0.05, 0.1) is 0 Å². The molecular weight excluding hydrogens is 232 g/mol. The van der Waals surface area contributed by atoms with E-state index in [4.69, 9.17) is 5.73 Å². The molecule has 19 heavy (non-hydrogen) atoms. The van der Waals surface area contributed by atoms with Crippen molar-refractivity contribution in [3.8, 4) is 0 Å². The molecule has 0 aliphatic rings. The summed E-state index contributed by atoms with van der Waals surface area (Å²) in [4.78, 5) is 2.25. The average molecular weight is 256 g/mol. The molecule has 0 spiro atoms. The van der Waals surface area contributed by atoms with Gasteiger partial charge in [-0.25, -0.2) is 0 Å². The van der Waals surface area contributed by atoms with Crippen LogP contribution in [0.3, 0.4) is 0 Å². The summed E-state index contributed by atoms with van der Waals surface area (Å²) in [5.74, 6) is 0. The van der Waals surface area contributed by atoms with Crippen LogP contribution in [0.4, 0.5) is 0 Å². The van der Waals surface area contributed by atoms with Gasteiger partial charge in [0.2, 0.25) is 0 Å². The van der Waals surface area contributed by atoms with Crippen molar-refractivity contribution in [1.82, 2.24) is 4.90 Å². The molecule has 0 aromatic heterocycles. The second-order valence-corrected chi connectivity index (χ2v) is 6.28. The summed E-state index contributed by atoms with van der Waals surface area (Å²) in [5, 5.41) is 2.58. The molecule has 2 aromatic carbocycles. The fourth-order valence-electron chi connectivity index (χ4n) is 2.51. The van der Waals surface area contributed by atoms with E-state index >= 15 is 0 Å². The minimum atomic E-state index is -0.166. The molecule has 0 amide bonds. The number of nitrogens with zero attached hydrogens (tertiary/aromatic N) is 1. The second-order valence-electron chi connectivity index (χ2n) is 6.28. The van der Waals surface area contributed by atoms with E-state index in [-0.39, 0.29) is 5.54 Å². The van der Waals surface area contributed by atoms with Gasteiger partial charge >= 0.3 is 0 Å². The molecule has 0 saturated carbocycles. The summed E-state index contributed by atoms with van der Waals surface area (Å²) < 4.78 is 0. The summed E-state index contributed by atoms with van der Waals surface area (Å²) in [6, 6.07) is 15.5. The molecule has 1 unspecified atom stereocenters. The average Bonchev–Trinajstić information content (AvgIpc) is 2.34. The largest absolute Gasteiger partial charge is 0.325 e. The quantitative estimate of drug-likeness (QED) is 0.906. The predicted molar refractivity (Wildman–Crippen MR) is 83.3 cm³/mol. The third kappa shape index (κ3) is 3.55. The van der Waals surface area contributed by atoms with Crippen LogP contribution in [0.15, 0.2) is 42.5 Å². The SMILES string of the molecule is CN(C)C(CC(C)(C)N)c1ccc2ccccc2c1. The van der Waals surface area contributed by atoms with E-state index in [1.807, 2.05) is 0 Å². The van der Waals surface area contributed by atoms with Crippen molar-refractivity contribution in [2.45, 2.75) is 31.8 Å². The fraction of sp³-hybridized carbons (Fsp3) is 0.412. The summed E-state index contributed by atoms with van der Waals surface area (Å²) in [5.41, 5.74) is 7.37. The van der Waals surface area contributed by atoms with Crippen molar-refractivity contribution in [2.24, 2.45) is 5.73 Å². The van der Waals surface area contributed by atoms with Gasteiger partial charge in [0.1, 0.15) is 0 Å². The topological polar surface area (TPSA) is 29.3 Å². The highest BCUT2D eigenvalue weighted by atomic mass is 15.1. The Kier molecular flexibility index (Phi) is 3.93. The lowest BCUT2D eigenvalue weighted by atomic mass is 9.90. The highest BCUT2D eigenvalue weighted by Crippen LogP contribution is 2.29. The van der Waals surface area contributed by atoms with Crippen LogP contribution in [0, 0.1) is 0 Å². The van der Waals surface area contributed by atoms with Crippen molar-refractivity contribution >= 4 is 10.8 Å². The van der Waals surface area contributed by atoms with E-state index in [2.05, 4.69) is 75.3 Å². The van der Waals surface area contributed by atoms with Crippen LogP contribution in [0.2, 0.25) is 0 Å². The highest BCUT2D eigenvalue weighted by molar-refractivity contribution is 5.83. The van der Waals surface area contributed by atoms with E-state index in [0.717, 1.165) is 6.42 Å². The van der Waals surface area contributed by atoms with Gasteiger partial charge in [0.25, 0.3) is 0 Å². The van der Waals surface area contributed by atoms with Gasteiger partial charge in [0, 0.05) is 11.6 Å². The van der Waals surface area contributed by atoms with Gasteiger partial charge in [-0.1, -0.05) is 36.4 Å². The standard InChI is InChI=1S/C17H24N2/c1-17(2,18)12-16(19(3)4)15-10-9-13-7-5-6-8-14(13)11-15/h5-11,16H,12,18H2,1-4H3. The summed E-state index contributed by atoms with van der Waals surface area (Å²) >= 11 is 0. The molecule has 2 aromatic rings. The van der Waals surface area contributed by atoms with Gasteiger partial charge in [-0.2, -0.15) is 0 Å². The number of rotatable bonds is 4. The Hall–Kier alpha value is -1.38. The lowest BCUT2D eigenvalue weighted by Crippen LogP contribution is -2.37. The number of hydrogen-bond acceptors (Lipinski definition) is 2. The van der Waals surface area contributed by atoms with E-state index < -0.39 is 0 Å². The molecule has 0 fully saturated rings. The first-order valence-corrected chi connectivity index (χ1v) is 6.81. The van der Waals surface area contributed by atoms with Crippen molar-refractivity contribution < 1.29 is 0 Å². The van der Waals surface area contributed by atoms with E-state index in [1.54, 1.807) is 0 Å². The molecule has 0 heterocycles. The lowest BCUT2D eigenvalue weighted by Gasteiger charge is -2.31. The molecular formula is C17H24N2. The zero-order chi connectivity index (χ0) is 14.0. The Bertz CT molecular complexity index is 552. The van der Waals surface area contributed by atoms with E-state index in [1.165, 1.54) is 16.3 Å². The Morgan fingerprint density at radius 1 is 1.05 bits per heavy atom. The van der Waals surface area contributed by atoms with Crippen molar-refractivity contribution in [1.29, 1.82) is 0 Å². The normalized spacial score (nSPS) is 14.0. The number of benzene rings is 2. The highest BCUT2D eigenvalue weighted by Gasteiger charge is 2.22. The monoisotopic (exact) mass is 256 g/mol. The maximum Gasteiger partial charge on any atom is 0.0359 e. The maximum absolute atomic E-state index is 6.20. The molecule has 0 radical (unpaired) electrons. The van der Waals surface area contributed by atoms with Crippen LogP contribution in [-0.4, -0.2) is 24.5 Å². The summed E-state index contributed by atoms with van der Waals surface area (Å²) in [6.45, 7) is 4.18. The third-order valence-corrected chi connectivity index (χ3v) is 3.50. The zero-order valence-corrected chi connectivity index (χ0v) is 12.4. The van der Waals surface area contributed by atoms with E-state index in [9.17, 15) is 0 Å². The van der Waals surface area contributed by atoms with Crippen molar-refractivity contribution in [3.63, 3.8) is 0 Å². The molecule has 2 nitrogen and oxygen atoms in total. The molecule has 0 bridgehead atoms. The van der Waals surface area contributed by atoms with Crippen LogP contribution in [0.25, 0.3) is 10.8 Å². The number of fused-ring (bicyclic) bond motifs is 1. The minimum absolute atomic E-state index is 0.166. The first-order valence-electron chi connectivity index (χ1n) is 6.81. The van der Waals surface area contributed by atoms with Gasteiger partial charge in [-0.3, -0.25) is 0 Å². The molecule has 0 aliphatic heterocycles. The van der Waals surface area contributed by atoms with Crippen LogP contribution in [0.1, 0.15) is 31.9 Å². The first-order chi connectivity index (χ1) is 8.87. The first kappa shape index (κ1) is 14.0. The van der Waals surface area contributed by atoms with Crippen LogP contribution >= 0.6 is 0 Å². The molecule has 2 N–H and O–H groups in total. The summed E-state index contributed by atoms with van der Waals surface area (Å²) in [6.07, 6.45) is 0.943. The number of nitrogens with two attached hydrogens (primary N) is 1. The Morgan fingerprint density at radius 3 is 2.26 bits per heavy atom. The zero-order valence-electron chi connectivity index (χ0n) is 12.4.